The minimum absolute atomic E-state index is 0.116. The number of nitrogens with one attached hydrogen (secondary N) is 3. The summed E-state index contributed by atoms with van der Waals surface area (Å²) >= 11 is 1.42. The number of para-hydroxylation sites is 2. The molecule has 4 amide bonds. The molecule has 6 rings (SSSR count). The summed E-state index contributed by atoms with van der Waals surface area (Å²) < 4.78 is 61.9. The Bertz CT molecular complexity index is 2050. The van der Waals surface area contributed by atoms with E-state index in [-0.39, 0.29) is 36.6 Å². The summed E-state index contributed by atoms with van der Waals surface area (Å²) in [4.78, 5) is 66.9. The van der Waals surface area contributed by atoms with Gasteiger partial charge in [-0.25, -0.2) is 27.2 Å². The van der Waals surface area contributed by atoms with Gasteiger partial charge in [-0.1, -0.05) is 59.7 Å². The Morgan fingerprint density at radius 1 is 1.02 bits per heavy atom. The number of halogens is 2. The summed E-state index contributed by atoms with van der Waals surface area (Å²) in [7, 11) is -4.12. The third kappa shape index (κ3) is 8.51. The molecule has 0 radical (unpaired) electrons. The molecule has 3 aromatic rings. The molecular weight excluding hydrogens is 743 g/mol. The van der Waals surface area contributed by atoms with E-state index in [0.717, 1.165) is 4.88 Å². The number of likely N-dealkylation sites (tertiary alicyclic amines) is 1. The number of rotatable bonds is 12. The minimum atomic E-state index is -4.12. The Kier molecular flexibility index (Phi) is 10.5. The fourth-order valence-electron chi connectivity index (χ4n) is 6.72. The van der Waals surface area contributed by atoms with Gasteiger partial charge in [0.1, 0.15) is 29.4 Å². The summed E-state index contributed by atoms with van der Waals surface area (Å²) in [5.74, 6) is -4.66. The number of carbonyl (C=O) groups is 4. The molecule has 1 aromatic carbocycles. The van der Waals surface area contributed by atoms with Crippen LogP contribution in [0.5, 0.6) is 5.88 Å². The second kappa shape index (κ2) is 14.4. The lowest BCUT2D eigenvalue weighted by molar-refractivity contribution is -0.145. The van der Waals surface area contributed by atoms with Crippen LogP contribution in [0.3, 0.4) is 0 Å². The molecular formula is C37H46F2N6O7S2. The first kappa shape index (κ1) is 39.4. The number of benzene rings is 1. The van der Waals surface area contributed by atoms with E-state index < -0.39 is 80.9 Å². The molecule has 2 aromatic heterocycles. The molecule has 3 N–H and O–H groups in total. The van der Waals surface area contributed by atoms with Crippen LogP contribution in [0.2, 0.25) is 0 Å². The van der Waals surface area contributed by atoms with Gasteiger partial charge in [-0.2, -0.15) is 0 Å². The minimum Gasteiger partial charge on any atom is -0.471 e. The molecule has 1 aliphatic heterocycles. The third-order valence-electron chi connectivity index (χ3n) is 9.80. The van der Waals surface area contributed by atoms with E-state index in [9.17, 15) is 36.4 Å². The molecule has 54 heavy (non-hydrogen) atoms. The number of nitrogens with zero attached hydrogens (tertiary/aromatic N) is 3. The van der Waals surface area contributed by atoms with E-state index in [0.29, 0.717) is 29.6 Å². The lowest BCUT2D eigenvalue weighted by Crippen LogP contribution is -2.60. The van der Waals surface area contributed by atoms with Gasteiger partial charge in [-0.05, 0) is 53.7 Å². The second-order valence-corrected chi connectivity index (χ2v) is 19.6. The fourth-order valence-corrected chi connectivity index (χ4v) is 8.79. The van der Waals surface area contributed by atoms with Gasteiger partial charge >= 0.3 is 0 Å². The van der Waals surface area contributed by atoms with E-state index in [1.807, 2.05) is 55.1 Å². The summed E-state index contributed by atoms with van der Waals surface area (Å²) in [6, 6.07) is 8.46. The lowest BCUT2D eigenvalue weighted by Gasteiger charge is -2.36. The Morgan fingerprint density at radius 2 is 1.69 bits per heavy atom. The highest BCUT2D eigenvalue weighted by atomic mass is 32.2. The molecule has 3 aliphatic rings. The third-order valence-corrected chi connectivity index (χ3v) is 12.5. The van der Waals surface area contributed by atoms with Crippen LogP contribution in [0, 0.1) is 16.7 Å². The molecule has 5 atom stereocenters. The molecule has 3 heterocycles. The largest absolute Gasteiger partial charge is 0.471 e. The summed E-state index contributed by atoms with van der Waals surface area (Å²) in [5, 5.41) is 6.36. The van der Waals surface area contributed by atoms with Crippen molar-refractivity contribution in [3.8, 4) is 16.5 Å². The van der Waals surface area contributed by atoms with Crippen molar-refractivity contribution in [3.05, 3.63) is 41.8 Å². The SMILES string of the molecule is CC(C)(C)CC(=O)N[C@H](C(=O)N1C[C@H](Oc2nc3ccccc3nc2-c2cccs2)CC1C(=O)N[C@]1(C(=O)NS(=O)(=O)C2CC2)C[C@H]1C(F)F)C(C)(C)C. The van der Waals surface area contributed by atoms with Crippen molar-refractivity contribution < 1.29 is 41.1 Å². The van der Waals surface area contributed by atoms with E-state index >= 15 is 0 Å². The predicted molar refractivity (Wildman–Crippen MR) is 198 cm³/mol. The van der Waals surface area contributed by atoms with Crippen molar-refractivity contribution in [2.24, 2.45) is 16.7 Å². The molecule has 13 nitrogen and oxygen atoms in total. The fraction of sp³-hybridized carbons (Fsp3) is 0.568. The first-order chi connectivity index (χ1) is 25.2. The average Bonchev–Trinajstić information content (AvgIpc) is 3.95. The maximum atomic E-state index is 14.6. The smallest absolute Gasteiger partial charge is 0.259 e. The van der Waals surface area contributed by atoms with Gasteiger partial charge < -0.3 is 20.3 Å². The molecule has 2 aliphatic carbocycles. The van der Waals surface area contributed by atoms with Gasteiger partial charge in [-0.3, -0.25) is 23.9 Å². The van der Waals surface area contributed by atoms with Crippen molar-refractivity contribution in [2.45, 2.75) is 109 Å². The molecule has 292 valence electrons. The standard InChI is InChI=1S/C37H46F2N6O7S2/c1-35(2,3)18-27(46)42-29(36(4,5)6)33(48)45-19-20(52-32-28(26-12-9-15-53-26)40-23-10-7-8-11-24(23)41-32)16-25(45)31(47)43-37(17-22(37)30(38)39)34(49)44-54(50,51)21-13-14-21/h7-12,15,20-22,25,29-30H,13-14,16-19H2,1-6H3,(H,42,46)(H,43,47)(H,44,49)/t20-,22+,25?,29-,37-/m1/s1. The monoisotopic (exact) mass is 788 g/mol. The number of fused-ring (bicyclic) bond motifs is 1. The summed E-state index contributed by atoms with van der Waals surface area (Å²) in [6.07, 6.45) is -3.76. The number of thiophene rings is 1. The Hall–Kier alpha value is -4.25. The van der Waals surface area contributed by atoms with Crippen molar-refractivity contribution in [1.29, 1.82) is 0 Å². The Labute approximate surface area is 317 Å². The van der Waals surface area contributed by atoms with Crippen LogP contribution in [-0.2, 0) is 29.2 Å². The van der Waals surface area contributed by atoms with Crippen LogP contribution >= 0.6 is 11.3 Å². The molecule has 0 bridgehead atoms. The number of hydrogen-bond donors (Lipinski definition) is 3. The van der Waals surface area contributed by atoms with Gasteiger partial charge in [-0.15, -0.1) is 11.3 Å². The van der Waals surface area contributed by atoms with Gasteiger partial charge in [0, 0.05) is 12.8 Å². The molecule has 3 fully saturated rings. The lowest BCUT2D eigenvalue weighted by atomic mass is 9.84. The molecule has 1 unspecified atom stereocenters. The Balaban J connectivity index is 1.33. The van der Waals surface area contributed by atoms with E-state index in [2.05, 4.69) is 10.6 Å². The highest BCUT2D eigenvalue weighted by Crippen LogP contribution is 2.48. The average molecular weight is 789 g/mol. The summed E-state index contributed by atoms with van der Waals surface area (Å²) in [6.45, 7) is 10.8. The molecule has 17 heteroatoms. The topological polar surface area (TPSA) is 177 Å². The normalized spacial score (nSPS) is 23.6. The maximum absolute atomic E-state index is 14.6. The van der Waals surface area contributed by atoms with Crippen molar-refractivity contribution in [3.63, 3.8) is 0 Å². The van der Waals surface area contributed by atoms with Crippen molar-refractivity contribution in [1.82, 2.24) is 30.2 Å². The van der Waals surface area contributed by atoms with Crippen LogP contribution in [0.25, 0.3) is 21.6 Å². The highest BCUT2D eigenvalue weighted by molar-refractivity contribution is 7.91. The Morgan fingerprint density at radius 3 is 2.24 bits per heavy atom. The van der Waals surface area contributed by atoms with Gasteiger partial charge in [0.05, 0.1) is 33.6 Å². The maximum Gasteiger partial charge on any atom is 0.259 e. The van der Waals surface area contributed by atoms with Crippen LogP contribution in [0.15, 0.2) is 41.8 Å². The van der Waals surface area contributed by atoms with Crippen molar-refractivity contribution >= 4 is 56.0 Å². The zero-order valence-electron chi connectivity index (χ0n) is 31.0. The molecule has 0 spiro atoms. The van der Waals surface area contributed by atoms with E-state index in [4.69, 9.17) is 14.7 Å². The first-order valence-corrected chi connectivity index (χ1v) is 20.3. The first-order valence-electron chi connectivity index (χ1n) is 17.9. The van der Waals surface area contributed by atoms with Crippen LogP contribution in [0.1, 0.15) is 73.6 Å². The number of amides is 4. The molecule has 1 saturated heterocycles. The highest BCUT2D eigenvalue weighted by Gasteiger charge is 2.67. The quantitative estimate of drug-likeness (QED) is 0.240. The van der Waals surface area contributed by atoms with Crippen LogP contribution < -0.4 is 20.1 Å². The number of carbonyl (C=O) groups excluding carboxylic acids is 4. The zero-order chi connectivity index (χ0) is 39.4. The number of alkyl halides is 2. The van der Waals surface area contributed by atoms with Gasteiger partial charge in [0.25, 0.3) is 5.91 Å². The zero-order valence-corrected chi connectivity index (χ0v) is 32.7. The number of aromatic nitrogens is 2. The predicted octanol–water partition coefficient (Wildman–Crippen LogP) is 4.42. The van der Waals surface area contributed by atoms with E-state index in [1.54, 1.807) is 32.9 Å². The van der Waals surface area contributed by atoms with Crippen molar-refractivity contribution in [2.75, 3.05) is 6.54 Å². The van der Waals surface area contributed by atoms with Crippen LogP contribution in [-0.4, -0.2) is 88.9 Å². The van der Waals surface area contributed by atoms with E-state index in [1.165, 1.54) is 16.2 Å². The number of hydrogen-bond acceptors (Lipinski definition) is 10. The number of ether oxygens (including phenoxy) is 1. The van der Waals surface area contributed by atoms with Crippen LogP contribution in [0.4, 0.5) is 8.78 Å². The molecule has 2 saturated carbocycles. The van der Waals surface area contributed by atoms with Gasteiger partial charge in [0.2, 0.25) is 40.1 Å². The van der Waals surface area contributed by atoms with Gasteiger partial charge in [0.15, 0.2) is 0 Å². The summed E-state index contributed by atoms with van der Waals surface area (Å²) in [5.41, 5.74) is -1.82. The number of sulfonamides is 1. The second-order valence-electron chi connectivity index (χ2n) is 16.7.